The number of carbonyl (C=O) groups is 1. The van der Waals surface area contributed by atoms with E-state index in [0.29, 0.717) is 6.54 Å². The van der Waals surface area contributed by atoms with Gasteiger partial charge in [0.1, 0.15) is 14.1 Å². The fraction of sp³-hybridized carbons (Fsp3) is 0.800. The van der Waals surface area contributed by atoms with Gasteiger partial charge in [0.15, 0.2) is 0 Å². The van der Waals surface area contributed by atoms with E-state index in [1.807, 2.05) is 19.0 Å². The van der Waals surface area contributed by atoms with Crippen LogP contribution in [0, 0.1) is 0 Å². The number of rotatable bonds is 2. The molecule has 3 heteroatoms. The van der Waals surface area contributed by atoms with Crippen molar-refractivity contribution in [1.82, 2.24) is 10.2 Å². The summed E-state index contributed by atoms with van der Waals surface area (Å²) in [5, 5.41) is 2.52. The molecule has 0 spiro atoms. The van der Waals surface area contributed by atoms with Crippen LogP contribution in [0.3, 0.4) is 0 Å². The number of nitrogens with one attached hydrogen (secondary N) is 1. The van der Waals surface area contributed by atoms with Crippen molar-refractivity contribution in [2.24, 2.45) is 0 Å². The Labute approximate surface area is 49.7 Å². The molecule has 0 saturated heterocycles. The molecule has 0 fully saturated rings. The highest BCUT2D eigenvalue weighted by molar-refractivity contribution is 5.77. The molecule has 0 unspecified atom stereocenters. The van der Waals surface area contributed by atoms with Crippen molar-refractivity contribution < 1.29 is 4.79 Å². The molecule has 0 heterocycles. The number of nitrogens with zero attached hydrogens (tertiary/aromatic N) is 1. The lowest BCUT2D eigenvalue weighted by atomic mass is 10.5. The summed E-state index contributed by atoms with van der Waals surface area (Å²) in [6, 6.07) is 0. The summed E-state index contributed by atoms with van der Waals surface area (Å²) in [6.45, 7) is 0.469. The van der Waals surface area contributed by atoms with Crippen LogP contribution in [0.15, 0.2) is 0 Å². The lowest BCUT2D eigenvalue weighted by molar-refractivity contribution is -0.120. The van der Waals surface area contributed by atoms with Gasteiger partial charge in [0, 0.05) is 7.05 Å². The molecule has 0 aromatic rings. The van der Waals surface area contributed by atoms with E-state index < -0.39 is 0 Å². The van der Waals surface area contributed by atoms with E-state index in [9.17, 15) is 4.79 Å². The Balaban J connectivity index is 3.25. The molecular weight excluding hydrogens is 104 g/mol. The zero-order valence-corrected chi connectivity index (χ0v) is 5.56. The van der Waals surface area contributed by atoms with Gasteiger partial charge in [-0.15, -0.1) is 0 Å². The summed E-state index contributed by atoms with van der Waals surface area (Å²) in [6.07, 6.45) is 0. The highest BCUT2D eigenvalue weighted by Gasteiger charge is 2.04. The van der Waals surface area contributed by atoms with Crippen molar-refractivity contribution in [1.29, 1.82) is 0 Å². The van der Waals surface area contributed by atoms with Gasteiger partial charge in [-0.2, -0.15) is 4.90 Å². The predicted octanol–water partition coefficient (Wildman–Crippen LogP) is -0.868. The van der Waals surface area contributed by atoms with E-state index in [1.165, 1.54) is 0 Å². The molecule has 8 heavy (non-hydrogen) atoms. The van der Waals surface area contributed by atoms with E-state index >= 15 is 0 Å². The van der Waals surface area contributed by atoms with E-state index in [4.69, 9.17) is 0 Å². The van der Waals surface area contributed by atoms with Crippen LogP contribution in [-0.4, -0.2) is 33.6 Å². The Hall–Kier alpha value is -0.570. The summed E-state index contributed by atoms with van der Waals surface area (Å²) < 4.78 is 0. The number of amides is 1. The van der Waals surface area contributed by atoms with Crippen molar-refractivity contribution in [2.45, 2.75) is 0 Å². The second-order valence-electron chi connectivity index (χ2n) is 1.91. The second kappa shape index (κ2) is 3.43. The van der Waals surface area contributed by atoms with Gasteiger partial charge in [0.2, 0.25) is 6.54 Å². The van der Waals surface area contributed by atoms with Gasteiger partial charge in [-0.1, -0.05) is 0 Å². The maximum Gasteiger partial charge on any atom is 0.279 e. The Kier molecular flexibility index (Phi) is 3.19. The third-order valence-electron chi connectivity index (χ3n) is 0.739. The summed E-state index contributed by atoms with van der Waals surface area (Å²) >= 11 is 0. The Bertz CT molecular complexity index is 80.5. The molecule has 0 aromatic carbocycles. The first kappa shape index (κ1) is 7.43. The molecule has 3 nitrogen and oxygen atoms in total. The van der Waals surface area contributed by atoms with Crippen LogP contribution in [0.4, 0.5) is 0 Å². The summed E-state index contributed by atoms with van der Waals surface area (Å²) in [7, 11) is 5.34. The standard InChI is InChI=1S/C5H12N2O/c1-6-5(8)4-7(2)3/h4H2,1-3H3,(H,6,8)/q+1. The normalized spacial score (nSPS) is 9.50. The maximum atomic E-state index is 10.5. The van der Waals surface area contributed by atoms with E-state index in [0.717, 1.165) is 0 Å². The van der Waals surface area contributed by atoms with Crippen molar-refractivity contribution in [3.8, 4) is 0 Å². The summed E-state index contributed by atoms with van der Waals surface area (Å²) in [4.78, 5) is 12.3. The molecule has 1 amide bonds. The summed E-state index contributed by atoms with van der Waals surface area (Å²) in [5.41, 5.74) is 0. The molecule has 0 aliphatic carbocycles. The largest absolute Gasteiger partial charge is 0.354 e. The number of carbonyl (C=O) groups excluding carboxylic acids is 1. The first-order valence-electron chi connectivity index (χ1n) is 2.52. The van der Waals surface area contributed by atoms with Crippen molar-refractivity contribution >= 4 is 5.91 Å². The zero-order chi connectivity index (χ0) is 6.57. The van der Waals surface area contributed by atoms with Gasteiger partial charge in [0.25, 0.3) is 5.91 Å². The lowest BCUT2D eigenvalue weighted by Crippen LogP contribution is -2.33. The van der Waals surface area contributed by atoms with Crippen molar-refractivity contribution in [2.75, 3.05) is 27.7 Å². The average Bonchev–Trinajstić information content (AvgIpc) is 1.65. The van der Waals surface area contributed by atoms with Gasteiger partial charge in [-0.3, -0.25) is 4.79 Å². The minimum Gasteiger partial charge on any atom is -0.354 e. The highest BCUT2D eigenvalue weighted by Crippen LogP contribution is 1.66. The number of hydrogen-bond donors (Lipinski definition) is 1. The van der Waals surface area contributed by atoms with Crippen molar-refractivity contribution in [3.63, 3.8) is 0 Å². The van der Waals surface area contributed by atoms with E-state index in [-0.39, 0.29) is 5.91 Å². The smallest absolute Gasteiger partial charge is 0.279 e. The molecule has 1 N–H and O–H groups in total. The molecule has 0 atom stereocenters. The Morgan fingerprint density at radius 2 is 2.12 bits per heavy atom. The number of likely N-dealkylation sites (N-methyl/N-ethyl adjacent to an activating group) is 2. The van der Waals surface area contributed by atoms with Gasteiger partial charge < -0.3 is 5.32 Å². The quantitative estimate of drug-likeness (QED) is 0.468. The van der Waals surface area contributed by atoms with Crippen LogP contribution in [0.2, 0.25) is 0 Å². The third-order valence-corrected chi connectivity index (χ3v) is 0.739. The van der Waals surface area contributed by atoms with Crippen LogP contribution in [0.1, 0.15) is 0 Å². The fourth-order valence-electron chi connectivity index (χ4n) is 0.366. The van der Waals surface area contributed by atoms with E-state index in [2.05, 4.69) is 5.32 Å². The molecule has 0 bridgehead atoms. The van der Waals surface area contributed by atoms with Crippen LogP contribution in [-0.2, 0) is 4.79 Å². The summed E-state index contributed by atoms with van der Waals surface area (Å²) in [5.74, 6) is 0.0509. The highest BCUT2D eigenvalue weighted by atomic mass is 16.1. The third kappa shape index (κ3) is 3.61. The van der Waals surface area contributed by atoms with Gasteiger partial charge >= 0.3 is 0 Å². The van der Waals surface area contributed by atoms with Crippen molar-refractivity contribution in [3.05, 3.63) is 0 Å². The predicted molar refractivity (Wildman–Crippen MR) is 32.9 cm³/mol. The molecule has 1 radical (unpaired) electrons. The lowest BCUT2D eigenvalue weighted by Gasteiger charge is -1.96. The SMILES string of the molecule is CNC(=O)C[N+](C)C. The number of hydrogen-bond acceptors (Lipinski definition) is 2. The molecule has 0 aliphatic rings. The molecule has 0 saturated carbocycles. The second-order valence-corrected chi connectivity index (χ2v) is 1.91. The molecule has 0 aromatic heterocycles. The molecule has 0 aliphatic heterocycles. The van der Waals surface area contributed by atoms with Gasteiger partial charge in [-0.05, 0) is 0 Å². The molecule has 0 rings (SSSR count). The first-order valence-corrected chi connectivity index (χ1v) is 2.52. The van der Waals surface area contributed by atoms with Crippen LogP contribution >= 0.6 is 0 Å². The van der Waals surface area contributed by atoms with Crippen LogP contribution in [0.5, 0.6) is 0 Å². The minimum absolute atomic E-state index is 0.0509. The van der Waals surface area contributed by atoms with Gasteiger partial charge in [-0.25, -0.2) is 0 Å². The first-order chi connectivity index (χ1) is 3.66. The average molecular weight is 116 g/mol. The van der Waals surface area contributed by atoms with Crippen LogP contribution in [0.25, 0.3) is 0 Å². The van der Waals surface area contributed by atoms with Gasteiger partial charge in [0.05, 0.1) is 0 Å². The molecule has 47 valence electrons. The zero-order valence-electron chi connectivity index (χ0n) is 5.56. The Morgan fingerprint density at radius 3 is 2.25 bits per heavy atom. The van der Waals surface area contributed by atoms with Crippen LogP contribution < -0.4 is 10.2 Å². The maximum absolute atomic E-state index is 10.5. The fourth-order valence-corrected chi connectivity index (χ4v) is 0.366. The minimum atomic E-state index is 0.0509. The molecular formula is C5H12N2O+. The monoisotopic (exact) mass is 116 g/mol. The van der Waals surface area contributed by atoms with E-state index in [1.54, 1.807) is 7.05 Å². The Morgan fingerprint density at radius 1 is 1.62 bits per heavy atom. The topological polar surface area (TPSA) is 35.0 Å².